The van der Waals surface area contributed by atoms with Crippen LogP contribution in [0.1, 0.15) is 11.4 Å². The van der Waals surface area contributed by atoms with Crippen LogP contribution in [0, 0.1) is 6.92 Å². The Hall–Kier alpha value is -2.93. The van der Waals surface area contributed by atoms with E-state index in [4.69, 9.17) is 0 Å². The Morgan fingerprint density at radius 2 is 1.85 bits per heavy atom. The summed E-state index contributed by atoms with van der Waals surface area (Å²) in [6.07, 6.45) is 6.38. The number of anilines is 2. The Morgan fingerprint density at radius 3 is 2.59 bits per heavy atom. The number of benzene rings is 1. The van der Waals surface area contributed by atoms with Gasteiger partial charge in [0.05, 0.1) is 0 Å². The van der Waals surface area contributed by atoms with Crippen LogP contribution in [0.25, 0.3) is 5.82 Å². The summed E-state index contributed by atoms with van der Waals surface area (Å²) in [5.74, 6) is 2.37. The smallest absolute Gasteiger partial charge is 0.224 e. The van der Waals surface area contributed by atoms with E-state index in [-0.39, 0.29) is 0 Å². The molecule has 2 N–H and O–H groups in total. The van der Waals surface area contributed by atoms with Crippen LogP contribution in [-0.4, -0.2) is 52.2 Å². The molecule has 4 rings (SSSR count). The van der Waals surface area contributed by atoms with Crippen molar-refractivity contribution in [3.05, 3.63) is 60.3 Å². The van der Waals surface area contributed by atoms with Gasteiger partial charge in [-0.25, -0.2) is 9.97 Å². The second-order valence-corrected chi connectivity index (χ2v) is 6.66. The Bertz CT molecular complexity index is 866. The first-order valence-corrected chi connectivity index (χ1v) is 9.41. The van der Waals surface area contributed by atoms with E-state index in [0.717, 1.165) is 50.8 Å². The fourth-order valence-corrected chi connectivity index (χ4v) is 3.30. The highest BCUT2D eigenvalue weighted by atomic mass is 15.2. The molecule has 3 aromatic rings. The zero-order valence-electron chi connectivity index (χ0n) is 15.6. The lowest BCUT2D eigenvalue weighted by Crippen LogP contribution is -2.43. The summed E-state index contributed by atoms with van der Waals surface area (Å²) < 4.78 is 1.95. The van der Waals surface area contributed by atoms with Crippen molar-refractivity contribution in [1.29, 1.82) is 0 Å². The third-order valence-electron chi connectivity index (χ3n) is 4.83. The van der Waals surface area contributed by atoms with Gasteiger partial charge in [0.2, 0.25) is 5.95 Å². The molecular formula is C20H25N7. The lowest BCUT2D eigenvalue weighted by Gasteiger charge is -2.29. The zero-order valence-corrected chi connectivity index (χ0v) is 15.6. The molecule has 0 radical (unpaired) electrons. The zero-order chi connectivity index (χ0) is 18.5. The summed E-state index contributed by atoms with van der Waals surface area (Å²) >= 11 is 0. The number of nitrogens with one attached hydrogen (secondary N) is 2. The minimum atomic E-state index is 0.637. The topological polar surface area (TPSA) is 70.9 Å². The maximum atomic E-state index is 4.57. The van der Waals surface area contributed by atoms with Gasteiger partial charge in [-0.3, -0.25) is 4.57 Å². The molecule has 1 saturated heterocycles. The molecule has 0 spiro atoms. The van der Waals surface area contributed by atoms with Crippen LogP contribution < -0.4 is 15.5 Å². The maximum Gasteiger partial charge on any atom is 0.224 e. The van der Waals surface area contributed by atoms with Crippen molar-refractivity contribution in [3.8, 4) is 5.82 Å². The summed E-state index contributed by atoms with van der Waals surface area (Å²) in [5.41, 5.74) is 2.61. The fourth-order valence-electron chi connectivity index (χ4n) is 3.30. The van der Waals surface area contributed by atoms with Crippen LogP contribution in [0.3, 0.4) is 0 Å². The van der Waals surface area contributed by atoms with Crippen LogP contribution in [0.2, 0.25) is 0 Å². The van der Waals surface area contributed by atoms with Gasteiger partial charge in [0.1, 0.15) is 11.6 Å². The average Bonchev–Trinajstić information content (AvgIpc) is 3.15. The molecule has 7 heteroatoms. The van der Waals surface area contributed by atoms with E-state index >= 15 is 0 Å². The van der Waals surface area contributed by atoms with Crippen molar-refractivity contribution in [2.45, 2.75) is 13.3 Å². The van der Waals surface area contributed by atoms with E-state index in [9.17, 15) is 0 Å². The van der Waals surface area contributed by atoms with Crippen molar-refractivity contribution < 1.29 is 0 Å². The van der Waals surface area contributed by atoms with Crippen LogP contribution in [0.15, 0.2) is 48.9 Å². The van der Waals surface area contributed by atoms with Gasteiger partial charge >= 0.3 is 0 Å². The third-order valence-corrected chi connectivity index (χ3v) is 4.83. The molecule has 1 aliphatic heterocycles. The summed E-state index contributed by atoms with van der Waals surface area (Å²) in [6.45, 7) is 7.02. The maximum absolute atomic E-state index is 4.57. The molecule has 0 atom stereocenters. The molecule has 0 saturated carbocycles. The molecule has 0 amide bonds. The first kappa shape index (κ1) is 17.5. The number of aromatic nitrogens is 4. The first-order valence-electron chi connectivity index (χ1n) is 9.41. The molecule has 0 aliphatic carbocycles. The summed E-state index contributed by atoms with van der Waals surface area (Å²) in [4.78, 5) is 15.6. The van der Waals surface area contributed by atoms with Crippen molar-refractivity contribution >= 4 is 11.6 Å². The molecule has 1 aliphatic rings. The monoisotopic (exact) mass is 363 g/mol. The van der Waals surface area contributed by atoms with E-state index < -0.39 is 0 Å². The molecule has 0 unspecified atom stereocenters. The standard InChI is InChI=1S/C20H25N7/c1-16-22-12-15-27(16)19-7-9-24-20(25-19)23-8-6-17-2-4-18(5-3-17)26-13-10-21-11-14-26/h2-5,7,9,12,15,21H,6,8,10-11,13-14H2,1H3,(H,23,24,25). The van der Waals surface area contributed by atoms with Crippen LogP contribution in [0.4, 0.5) is 11.6 Å². The van der Waals surface area contributed by atoms with E-state index in [2.05, 4.69) is 54.8 Å². The van der Waals surface area contributed by atoms with Crippen molar-refractivity contribution in [2.24, 2.45) is 0 Å². The number of aryl methyl sites for hydroxylation is 1. The molecule has 3 heterocycles. The predicted octanol–water partition coefficient (Wildman–Crippen LogP) is 2.03. The average molecular weight is 363 g/mol. The molecule has 0 bridgehead atoms. The number of nitrogens with zero attached hydrogens (tertiary/aromatic N) is 5. The number of hydrogen-bond donors (Lipinski definition) is 2. The molecule has 27 heavy (non-hydrogen) atoms. The van der Waals surface area contributed by atoms with E-state index in [1.807, 2.05) is 23.8 Å². The Balaban J connectivity index is 1.33. The number of hydrogen-bond acceptors (Lipinski definition) is 6. The molecule has 1 fully saturated rings. The van der Waals surface area contributed by atoms with Gasteiger partial charge in [0, 0.05) is 57.0 Å². The van der Waals surface area contributed by atoms with Gasteiger partial charge in [-0.1, -0.05) is 12.1 Å². The second kappa shape index (κ2) is 8.18. The molecule has 1 aromatic carbocycles. The lowest BCUT2D eigenvalue weighted by atomic mass is 10.1. The van der Waals surface area contributed by atoms with Crippen molar-refractivity contribution in [1.82, 2.24) is 24.8 Å². The van der Waals surface area contributed by atoms with Gasteiger partial charge in [-0.15, -0.1) is 0 Å². The highest BCUT2D eigenvalue weighted by Crippen LogP contribution is 2.16. The first-order chi connectivity index (χ1) is 13.3. The van der Waals surface area contributed by atoms with E-state index in [0.29, 0.717) is 5.95 Å². The van der Waals surface area contributed by atoms with Gasteiger partial charge in [0.15, 0.2) is 0 Å². The van der Waals surface area contributed by atoms with E-state index in [1.165, 1.54) is 11.3 Å². The van der Waals surface area contributed by atoms with E-state index in [1.54, 1.807) is 12.4 Å². The van der Waals surface area contributed by atoms with Crippen molar-refractivity contribution in [3.63, 3.8) is 0 Å². The third kappa shape index (κ3) is 4.25. The Labute approximate surface area is 159 Å². The lowest BCUT2D eigenvalue weighted by molar-refractivity contribution is 0.589. The van der Waals surface area contributed by atoms with Crippen LogP contribution >= 0.6 is 0 Å². The number of imidazole rings is 1. The van der Waals surface area contributed by atoms with Crippen molar-refractivity contribution in [2.75, 3.05) is 42.9 Å². The Morgan fingerprint density at radius 1 is 1.04 bits per heavy atom. The summed E-state index contributed by atoms with van der Waals surface area (Å²) in [6, 6.07) is 10.8. The molecule has 140 valence electrons. The summed E-state index contributed by atoms with van der Waals surface area (Å²) in [7, 11) is 0. The quantitative estimate of drug-likeness (QED) is 0.698. The minimum Gasteiger partial charge on any atom is -0.369 e. The molecule has 2 aromatic heterocycles. The highest BCUT2D eigenvalue weighted by molar-refractivity contribution is 5.48. The molecular weight excluding hydrogens is 338 g/mol. The largest absolute Gasteiger partial charge is 0.369 e. The van der Waals surface area contributed by atoms with Gasteiger partial charge in [-0.2, -0.15) is 4.98 Å². The van der Waals surface area contributed by atoms with Crippen LogP contribution in [0.5, 0.6) is 0 Å². The van der Waals surface area contributed by atoms with Gasteiger partial charge in [0.25, 0.3) is 0 Å². The minimum absolute atomic E-state index is 0.637. The van der Waals surface area contributed by atoms with Crippen LogP contribution in [-0.2, 0) is 6.42 Å². The normalized spacial score (nSPS) is 14.3. The highest BCUT2D eigenvalue weighted by Gasteiger charge is 2.10. The summed E-state index contributed by atoms with van der Waals surface area (Å²) in [5, 5.41) is 6.71. The predicted molar refractivity (Wildman–Crippen MR) is 108 cm³/mol. The second-order valence-electron chi connectivity index (χ2n) is 6.66. The molecule has 7 nitrogen and oxygen atoms in total. The number of rotatable bonds is 6. The fraction of sp³-hybridized carbons (Fsp3) is 0.350. The SMILES string of the molecule is Cc1nccn1-c1ccnc(NCCc2ccc(N3CCNCC3)cc2)n1. The Kier molecular flexibility index (Phi) is 5.29. The van der Waals surface area contributed by atoms with Gasteiger partial charge < -0.3 is 15.5 Å². The number of piperazine rings is 1. The van der Waals surface area contributed by atoms with Gasteiger partial charge in [-0.05, 0) is 37.1 Å².